The van der Waals surface area contributed by atoms with Crippen molar-refractivity contribution in [3.8, 4) is 0 Å². The van der Waals surface area contributed by atoms with E-state index in [9.17, 15) is 25.2 Å². The van der Waals surface area contributed by atoms with Crippen LogP contribution >= 0.6 is 0 Å². The van der Waals surface area contributed by atoms with Gasteiger partial charge in [-0.1, -0.05) is 154 Å². The normalized spacial score (nSPS) is 21.0. The molecule has 0 saturated carbocycles. The van der Waals surface area contributed by atoms with Gasteiger partial charge in [0.2, 0.25) is 0 Å². The van der Waals surface area contributed by atoms with Gasteiger partial charge < -0.3 is 39.4 Å². The summed E-state index contributed by atoms with van der Waals surface area (Å²) in [5.41, 5.74) is 0. The highest BCUT2D eigenvalue weighted by atomic mass is 16.7. The summed E-state index contributed by atoms with van der Waals surface area (Å²) in [5, 5.41) is 40.1. The van der Waals surface area contributed by atoms with E-state index >= 15 is 0 Å². The van der Waals surface area contributed by atoms with Crippen LogP contribution in [0, 0.1) is 0 Å². The molecule has 1 heterocycles. The lowest BCUT2D eigenvalue weighted by molar-refractivity contribution is -0.305. The molecule has 0 bridgehead atoms. The second-order valence-corrected chi connectivity index (χ2v) is 15.1. The molecule has 0 aromatic heterocycles. The van der Waals surface area contributed by atoms with Gasteiger partial charge in [-0.2, -0.15) is 0 Å². The molecule has 4 N–H and O–H groups in total. The lowest BCUT2D eigenvalue weighted by Crippen LogP contribution is -2.59. The van der Waals surface area contributed by atoms with E-state index in [0.29, 0.717) is 13.0 Å². The van der Waals surface area contributed by atoms with E-state index < -0.39 is 43.4 Å². The number of allylic oxidation sites excluding steroid dienone is 22. The van der Waals surface area contributed by atoms with E-state index in [1.54, 1.807) is 0 Å². The Bertz CT molecular complexity index is 1400. The van der Waals surface area contributed by atoms with Crippen LogP contribution in [-0.2, 0) is 23.7 Å². The third-order valence-corrected chi connectivity index (χ3v) is 9.56. The van der Waals surface area contributed by atoms with Crippen molar-refractivity contribution in [3.05, 3.63) is 134 Å². The molecule has 1 fully saturated rings. The number of aliphatic hydroxyl groups is 4. The number of hydrogen-bond donors (Lipinski definition) is 4. The van der Waals surface area contributed by atoms with E-state index in [-0.39, 0.29) is 25.6 Å². The van der Waals surface area contributed by atoms with Crippen LogP contribution in [0.1, 0.15) is 129 Å². The van der Waals surface area contributed by atoms with Crippen LogP contribution in [0.15, 0.2) is 134 Å². The molecular formula is C53H82O9. The lowest BCUT2D eigenvalue weighted by Gasteiger charge is -2.39. The summed E-state index contributed by atoms with van der Waals surface area (Å²) in [5.74, 6) is -0.390. The van der Waals surface area contributed by atoms with Gasteiger partial charge >= 0.3 is 5.97 Å². The zero-order valence-corrected chi connectivity index (χ0v) is 38.1. The highest BCUT2D eigenvalue weighted by Crippen LogP contribution is 2.22. The number of ether oxygens (including phenoxy) is 4. The van der Waals surface area contributed by atoms with Gasteiger partial charge in [-0.25, -0.2) is 0 Å². The van der Waals surface area contributed by atoms with Gasteiger partial charge in [-0.3, -0.25) is 4.79 Å². The third kappa shape index (κ3) is 33.0. The first-order chi connectivity index (χ1) is 30.4. The number of aliphatic hydroxyl groups excluding tert-OH is 4. The summed E-state index contributed by atoms with van der Waals surface area (Å²) in [7, 11) is 0. The minimum atomic E-state index is -1.56. The molecule has 0 aromatic rings. The minimum Gasteiger partial charge on any atom is -0.457 e. The fraction of sp³-hybridized carbons (Fsp3) is 0.566. The van der Waals surface area contributed by atoms with Crippen molar-refractivity contribution in [2.45, 2.75) is 166 Å². The number of carbonyl (C=O) groups is 1. The maximum atomic E-state index is 12.8. The molecule has 348 valence electrons. The summed E-state index contributed by atoms with van der Waals surface area (Å²) >= 11 is 0. The second-order valence-electron chi connectivity index (χ2n) is 15.1. The third-order valence-electron chi connectivity index (χ3n) is 9.56. The van der Waals surface area contributed by atoms with Gasteiger partial charge in [0.15, 0.2) is 6.29 Å². The number of rotatable bonds is 37. The van der Waals surface area contributed by atoms with Crippen molar-refractivity contribution < 1.29 is 44.2 Å². The van der Waals surface area contributed by atoms with Crippen molar-refractivity contribution in [2.24, 2.45) is 0 Å². The predicted octanol–water partition coefficient (Wildman–Crippen LogP) is 10.9. The van der Waals surface area contributed by atoms with E-state index in [0.717, 1.165) is 103 Å². The topological polar surface area (TPSA) is 135 Å². The number of unbranched alkanes of at least 4 members (excludes halogenated alkanes) is 4. The van der Waals surface area contributed by atoms with Crippen LogP contribution in [-0.4, -0.2) is 89.6 Å². The summed E-state index contributed by atoms with van der Waals surface area (Å²) in [6.45, 7) is 4.14. The average Bonchev–Trinajstić information content (AvgIpc) is 3.27. The molecule has 0 amide bonds. The molecule has 1 aliphatic heterocycles. The Morgan fingerprint density at radius 2 is 0.935 bits per heavy atom. The fourth-order valence-electron chi connectivity index (χ4n) is 6.00. The van der Waals surface area contributed by atoms with Gasteiger partial charge in [0.05, 0.1) is 19.8 Å². The van der Waals surface area contributed by atoms with Crippen molar-refractivity contribution in [1.29, 1.82) is 0 Å². The Morgan fingerprint density at radius 1 is 0.516 bits per heavy atom. The molecule has 0 aliphatic carbocycles. The zero-order valence-electron chi connectivity index (χ0n) is 38.1. The number of hydrogen-bond acceptors (Lipinski definition) is 9. The minimum absolute atomic E-state index is 0.0892. The Hall–Kier alpha value is -3.67. The molecule has 1 rings (SSSR count). The quantitative estimate of drug-likeness (QED) is 0.0273. The van der Waals surface area contributed by atoms with Gasteiger partial charge in [0, 0.05) is 13.0 Å². The summed E-state index contributed by atoms with van der Waals surface area (Å²) in [6, 6.07) is 0. The highest BCUT2D eigenvalue weighted by Gasteiger charge is 2.44. The maximum absolute atomic E-state index is 12.8. The predicted molar refractivity (Wildman–Crippen MR) is 255 cm³/mol. The Kier molecular flexibility index (Phi) is 38.7. The fourth-order valence-corrected chi connectivity index (χ4v) is 6.00. The van der Waals surface area contributed by atoms with Gasteiger partial charge in [0.1, 0.15) is 30.5 Å². The van der Waals surface area contributed by atoms with Crippen molar-refractivity contribution in [1.82, 2.24) is 0 Å². The molecule has 6 unspecified atom stereocenters. The number of carbonyl (C=O) groups excluding carboxylic acids is 1. The summed E-state index contributed by atoms with van der Waals surface area (Å²) in [4.78, 5) is 12.8. The maximum Gasteiger partial charge on any atom is 0.306 e. The average molecular weight is 863 g/mol. The van der Waals surface area contributed by atoms with Gasteiger partial charge in [0.25, 0.3) is 0 Å². The lowest BCUT2D eigenvalue weighted by atomic mass is 9.99. The SMILES string of the molecule is CC/C=C\C/C=C\C/C=C\C/C=C\C/C=C\C/C=C\C/C=C\CCCC(=O)OC(COCCCCC/C=C\C/C=C\C/C=C\C/C=C\CC)COC1OC(CO)C(O)C(O)C1O. The summed E-state index contributed by atoms with van der Waals surface area (Å²) < 4.78 is 22.7. The zero-order chi connectivity index (χ0) is 45.0. The number of esters is 1. The first-order valence-electron chi connectivity index (χ1n) is 23.3. The molecular weight excluding hydrogens is 781 g/mol. The molecule has 1 saturated heterocycles. The smallest absolute Gasteiger partial charge is 0.306 e. The Labute approximate surface area is 375 Å². The molecule has 9 heteroatoms. The Morgan fingerprint density at radius 3 is 1.37 bits per heavy atom. The molecule has 62 heavy (non-hydrogen) atoms. The van der Waals surface area contributed by atoms with Crippen molar-refractivity contribution in [2.75, 3.05) is 26.4 Å². The van der Waals surface area contributed by atoms with Crippen LogP contribution in [0.5, 0.6) is 0 Å². The van der Waals surface area contributed by atoms with Gasteiger partial charge in [-0.05, 0) is 103 Å². The summed E-state index contributed by atoms with van der Waals surface area (Å²) in [6.07, 6.45) is 56.3. The molecule has 0 aromatic carbocycles. The Balaban J connectivity index is 2.35. The standard InChI is InChI=1S/C53H82O9/c1-3-5-7-9-11-13-15-17-19-21-22-23-24-25-26-27-28-30-32-34-36-38-40-42-49(55)61-47(46-60-53-52(58)51(57)50(56)48(44-54)62-53)45-59-43-41-39-37-35-33-31-29-20-18-16-14-12-10-8-6-4-2/h5-8,11-14,17-20,22-23,25-26,28,30-31,33-34,36,47-48,50-54,56-58H,3-4,9-10,15-16,21,24,27,29,32,35,37-46H2,1-2H3/b7-5-,8-6-,13-11-,14-12-,19-17-,20-18-,23-22-,26-25-,30-28-,33-31-,36-34-. The van der Waals surface area contributed by atoms with Crippen LogP contribution in [0.2, 0.25) is 0 Å². The van der Waals surface area contributed by atoms with Crippen LogP contribution in [0.4, 0.5) is 0 Å². The van der Waals surface area contributed by atoms with E-state index in [1.165, 1.54) is 0 Å². The molecule has 0 spiro atoms. The largest absolute Gasteiger partial charge is 0.457 e. The van der Waals surface area contributed by atoms with Crippen molar-refractivity contribution >= 4 is 5.97 Å². The second kappa shape index (κ2) is 42.6. The van der Waals surface area contributed by atoms with Crippen LogP contribution in [0.3, 0.4) is 0 Å². The molecule has 1 aliphatic rings. The molecule has 6 atom stereocenters. The van der Waals surface area contributed by atoms with Crippen molar-refractivity contribution in [3.63, 3.8) is 0 Å². The first kappa shape index (κ1) is 56.3. The van der Waals surface area contributed by atoms with Crippen LogP contribution < -0.4 is 0 Å². The van der Waals surface area contributed by atoms with E-state index in [4.69, 9.17) is 18.9 Å². The van der Waals surface area contributed by atoms with E-state index in [2.05, 4.69) is 148 Å². The van der Waals surface area contributed by atoms with Crippen LogP contribution in [0.25, 0.3) is 0 Å². The monoisotopic (exact) mass is 863 g/mol. The van der Waals surface area contributed by atoms with Gasteiger partial charge in [-0.15, -0.1) is 0 Å². The molecule has 0 radical (unpaired) electrons. The first-order valence-corrected chi connectivity index (χ1v) is 23.3. The highest BCUT2D eigenvalue weighted by molar-refractivity contribution is 5.69. The molecule has 9 nitrogen and oxygen atoms in total. The van der Waals surface area contributed by atoms with E-state index in [1.807, 2.05) is 0 Å².